The molecule has 0 saturated heterocycles. The Hall–Kier alpha value is -5.94. The Bertz CT molecular complexity index is 1990. The molecule has 4 aromatic carbocycles. The molecule has 5 aromatic rings. The van der Waals surface area contributed by atoms with E-state index in [1.807, 2.05) is 54.6 Å². The summed E-state index contributed by atoms with van der Waals surface area (Å²) in [6.45, 7) is 0.147. The van der Waals surface area contributed by atoms with E-state index in [0.29, 0.717) is 0 Å². The SMILES string of the molecule is N[C@@H](Cc1ccc(O)cc1)C(=O)N1Cc2ccccc2CC1C(=O)N[C@@H](Cc1c[nH]c2ccccc12)C(=O)N[C@@H](Cc1ccccc1)C(=O)O. The fourth-order valence-corrected chi connectivity index (χ4v) is 6.49. The van der Waals surface area contributed by atoms with Crippen LogP contribution in [0.4, 0.5) is 0 Å². The summed E-state index contributed by atoms with van der Waals surface area (Å²) in [6.07, 6.45) is 2.28. The molecule has 0 aliphatic carbocycles. The molecule has 4 atom stereocenters. The van der Waals surface area contributed by atoms with E-state index < -0.39 is 47.9 Å². The van der Waals surface area contributed by atoms with Crippen LogP contribution >= 0.6 is 0 Å². The molecule has 11 nitrogen and oxygen atoms in total. The van der Waals surface area contributed by atoms with Crippen molar-refractivity contribution in [2.75, 3.05) is 0 Å². The number of carbonyl (C=O) groups excluding carboxylic acids is 3. The summed E-state index contributed by atoms with van der Waals surface area (Å²) in [7, 11) is 0. The highest BCUT2D eigenvalue weighted by atomic mass is 16.4. The minimum Gasteiger partial charge on any atom is -0.508 e. The molecule has 50 heavy (non-hydrogen) atoms. The van der Waals surface area contributed by atoms with Gasteiger partial charge in [0.05, 0.1) is 6.04 Å². The molecule has 1 aromatic heterocycles. The molecule has 7 N–H and O–H groups in total. The van der Waals surface area contributed by atoms with Crippen LogP contribution in [0.2, 0.25) is 0 Å². The van der Waals surface area contributed by atoms with E-state index in [9.17, 15) is 29.4 Å². The van der Waals surface area contributed by atoms with Gasteiger partial charge in [-0.15, -0.1) is 0 Å². The lowest BCUT2D eigenvalue weighted by Gasteiger charge is -2.38. The molecule has 1 aliphatic heterocycles. The molecular weight excluding hydrogens is 634 g/mol. The number of aliphatic carboxylic acids is 1. The molecule has 0 fully saturated rings. The lowest BCUT2D eigenvalue weighted by atomic mass is 9.92. The van der Waals surface area contributed by atoms with Gasteiger partial charge >= 0.3 is 5.97 Å². The number of carboxylic acid groups (broad SMARTS) is 1. The number of nitrogens with zero attached hydrogens (tertiary/aromatic N) is 1. The average Bonchev–Trinajstić information content (AvgIpc) is 3.54. The van der Waals surface area contributed by atoms with Gasteiger partial charge in [-0.1, -0.05) is 84.9 Å². The first-order chi connectivity index (χ1) is 24.2. The predicted octanol–water partition coefficient (Wildman–Crippen LogP) is 3.24. The van der Waals surface area contributed by atoms with Gasteiger partial charge in [-0.25, -0.2) is 4.79 Å². The summed E-state index contributed by atoms with van der Waals surface area (Å²) in [5.74, 6) is -2.76. The second-order valence-electron chi connectivity index (χ2n) is 12.6. The van der Waals surface area contributed by atoms with E-state index in [2.05, 4.69) is 15.6 Å². The maximum Gasteiger partial charge on any atom is 0.326 e. The number of phenols is 1. The highest BCUT2D eigenvalue weighted by Gasteiger charge is 2.38. The number of carbonyl (C=O) groups is 4. The van der Waals surface area contributed by atoms with Crippen LogP contribution in [0.3, 0.4) is 0 Å². The fraction of sp³-hybridized carbons (Fsp3) is 0.231. The number of aromatic hydroxyl groups is 1. The number of rotatable bonds is 12. The van der Waals surface area contributed by atoms with Crippen molar-refractivity contribution in [3.05, 3.63) is 137 Å². The van der Waals surface area contributed by atoms with E-state index in [0.717, 1.165) is 38.7 Å². The van der Waals surface area contributed by atoms with Gasteiger partial charge in [0.1, 0.15) is 23.9 Å². The predicted molar refractivity (Wildman–Crippen MR) is 188 cm³/mol. The number of fused-ring (bicyclic) bond motifs is 2. The van der Waals surface area contributed by atoms with E-state index in [-0.39, 0.29) is 38.0 Å². The largest absolute Gasteiger partial charge is 0.508 e. The number of H-pyrrole nitrogens is 1. The molecule has 0 bridgehead atoms. The van der Waals surface area contributed by atoms with Crippen LogP contribution in [-0.2, 0) is 51.4 Å². The smallest absolute Gasteiger partial charge is 0.326 e. The number of carboxylic acids is 1. The number of para-hydroxylation sites is 1. The van der Waals surface area contributed by atoms with Crippen molar-refractivity contribution in [3.8, 4) is 5.75 Å². The van der Waals surface area contributed by atoms with Crippen LogP contribution in [0, 0.1) is 0 Å². The lowest BCUT2D eigenvalue weighted by Crippen LogP contribution is -2.60. The second-order valence-corrected chi connectivity index (χ2v) is 12.6. The van der Waals surface area contributed by atoms with Gasteiger partial charge in [-0.05, 0) is 52.4 Å². The van der Waals surface area contributed by atoms with Crippen molar-refractivity contribution < 1.29 is 29.4 Å². The summed E-state index contributed by atoms with van der Waals surface area (Å²) in [5.41, 5.74) is 11.3. The molecular formula is C39H39N5O6. The lowest BCUT2D eigenvalue weighted by molar-refractivity contribution is -0.144. The Kier molecular flexibility index (Phi) is 10.2. The molecule has 0 spiro atoms. The number of aromatic nitrogens is 1. The van der Waals surface area contributed by atoms with Gasteiger partial charge < -0.3 is 36.5 Å². The number of phenolic OH excluding ortho intramolecular Hbond substituents is 1. The summed E-state index contributed by atoms with van der Waals surface area (Å²) in [4.78, 5) is 59.1. The van der Waals surface area contributed by atoms with Crippen LogP contribution in [0.1, 0.15) is 27.8 Å². The van der Waals surface area contributed by atoms with Gasteiger partial charge in [0.2, 0.25) is 17.7 Å². The van der Waals surface area contributed by atoms with Gasteiger partial charge in [0.15, 0.2) is 0 Å². The van der Waals surface area contributed by atoms with Crippen LogP contribution in [0.5, 0.6) is 5.75 Å². The standard InChI is InChI=1S/C39H39N5O6/c40-31(18-25-14-16-29(45)17-15-25)38(48)44-23-27-11-5-4-10-26(27)21-35(44)37(47)42-33(20-28-22-41-32-13-7-6-12-30(28)32)36(46)43-34(39(49)50)19-24-8-2-1-3-9-24/h1-17,22,31,33-35,41,45H,18-21,23,40H2,(H,42,47)(H,43,46)(H,49,50)/t31-,33-,34-,35?/m0/s1. The molecule has 256 valence electrons. The quantitative estimate of drug-likeness (QED) is 0.118. The highest BCUT2D eigenvalue weighted by molar-refractivity contribution is 5.95. The van der Waals surface area contributed by atoms with Crippen LogP contribution < -0.4 is 16.4 Å². The van der Waals surface area contributed by atoms with E-state index in [1.54, 1.807) is 42.6 Å². The maximum atomic E-state index is 14.3. The molecule has 6 rings (SSSR count). The Morgan fingerprint density at radius 3 is 2.18 bits per heavy atom. The molecule has 0 radical (unpaired) electrons. The Morgan fingerprint density at radius 2 is 1.44 bits per heavy atom. The van der Waals surface area contributed by atoms with Crippen molar-refractivity contribution in [1.29, 1.82) is 0 Å². The fourth-order valence-electron chi connectivity index (χ4n) is 6.49. The van der Waals surface area contributed by atoms with E-state index in [1.165, 1.54) is 17.0 Å². The summed E-state index contributed by atoms with van der Waals surface area (Å²) in [5, 5.41) is 26.1. The Balaban J connectivity index is 1.27. The van der Waals surface area contributed by atoms with Crippen molar-refractivity contribution in [3.63, 3.8) is 0 Å². The third kappa shape index (κ3) is 7.85. The first kappa shape index (κ1) is 33.9. The minimum atomic E-state index is -1.25. The third-order valence-electron chi connectivity index (χ3n) is 9.17. The number of amides is 3. The zero-order valence-electron chi connectivity index (χ0n) is 27.3. The van der Waals surface area contributed by atoms with Gasteiger partial charge in [-0.2, -0.15) is 0 Å². The Labute approximate surface area is 289 Å². The number of nitrogens with two attached hydrogens (primary N) is 1. The van der Waals surface area contributed by atoms with Crippen molar-refractivity contribution in [2.24, 2.45) is 5.73 Å². The number of benzene rings is 4. The molecule has 1 unspecified atom stereocenters. The number of hydrogen-bond acceptors (Lipinski definition) is 6. The summed E-state index contributed by atoms with van der Waals surface area (Å²) < 4.78 is 0. The monoisotopic (exact) mass is 673 g/mol. The van der Waals surface area contributed by atoms with Crippen LogP contribution in [0.25, 0.3) is 10.9 Å². The zero-order chi connectivity index (χ0) is 35.2. The number of aromatic amines is 1. The minimum absolute atomic E-state index is 0.0519. The molecule has 2 heterocycles. The van der Waals surface area contributed by atoms with Gasteiger partial charge in [0.25, 0.3) is 0 Å². The molecule has 0 saturated carbocycles. The van der Waals surface area contributed by atoms with E-state index >= 15 is 0 Å². The maximum absolute atomic E-state index is 14.3. The highest BCUT2D eigenvalue weighted by Crippen LogP contribution is 2.26. The molecule has 11 heteroatoms. The number of nitrogens with one attached hydrogen (secondary N) is 3. The van der Waals surface area contributed by atoms with Crippen molar-refractivity contribution in [2.45, 2.75) is 56.4 Å². The van der Waals surface area contributed by atoms with Gasteiger partial charge in [-0.3, -0.25) is 14.4 Å². The van der Waals surface area contributed by atoms with E-state index in [4.69, 9.17) is 5.73 Å². The second kappa shape index (κ2) is 15.1. The average molecular weight is 674 g/mol. The van der Waals surface area contributed by atoms with Gasteiger partial charge in [0, 0.05) is 42.9 Å². The van der Waals surface area contributed by atoms with Crippen molar-refractivity contribution in [1.82, 2.24) is 20.5 Å². The topological polar surface area (TPSA) is 178 Å². The first-order valence-electron chi connectivity index (χ1n) is 16.5. The van der Waals surface area contributed by atoms with Crippen molar-refractivity contribution >= 4 is 34.6 Å². The first-order valence-corrected chi connectivity index (χ1v) is 16.5. The summed E-state index contributed by atoms with van der Waals surface area (Å²) >= 11 is 0. The normalized spacial score (nSPS) is 15.8. The summed E-state index contributed by atoms with van der Waals surface area (Å²) in [6, 6.07) is 26.1. The Morgan fingerprint density at radius 1 is 0.780 bits per heavy atom. The molecule has 1 aliphatic rings. The molecule has 3 amide bonds. The van der Waals surface area contributed by atoms with Crippen LogP contribution in [0.15, 0.2) is 109 Å². The number of hydrogen-bond donors (Lipinski definition) is 6. The third-order valence-corrected chi connectivity index (χ3v) is 9.17. The zero-order valence-corrected chi connectivity index (χ0v) is 27.3. The van der Waals surface area contributed by atoms with Crippen LogP contribution in [-0.4, -0.2) is 68.0 Å².